The molecular weight excluding hydrogens is 227 g/mol. The lowest BCUT2D eigenvalue weighted by molar-refractivity contribution is 0.393. The Hall–Kier alpha value is -1.49. The van der Waals surface area contributed by atoms with E-state index < -0.39 is 0 Å². The van der Waals surface area contributed by atoms with Crippen molar-refractivity contribution in [1.29, 1.82) is 0 Å². The Morgan fingerprint density at radius 2 is 2.25 bits per heavy atom. The maximum absolute atomic E-state index is 13.1. The molecule has 1 aromatic heterocycles. The molecular formula is C11H11FN2OS. The second kappa shape index (κ2) is 4.57. The summed E-state index contributed by atoms with van der Waals surface area (Å²) in [7, 11) is 0. The minimum Gasteiger partial charge on any atom is -0.396 e. The van der Waals surface area contributed by atoms with E-state index in [9.17, 15) is 4.39 Å². The van der Waals surface area contributed by atoms with Crippen molar-refractivity contribution in [3.63, 3.8) is 0 Å². The van der Waals surface area contributed by atoms with Crippen molar-refractivity contribution in [2.45, 2.75) is 17.6 Å². The van der Waals surface area contributed by atoms with Gasteiger partial charge in [0.25, 0.3) is 0 Å². The average Bonchev–Trinajstić information content (AvgIpc) is 2.66. The van der Waals surface area contributed by atoms with Gasteiger partial charge in [-0.05, 0) is 25.1 Å². The van der Waals surface area contributed by atoms with Crippen LogP contribution in [0.25, 0.3) is 0 Å². The Morgan fingerprint density at radius 3 is 2.88 bits per heavy atom. The third kappa shape index (κ3) is 2.55. The van der Waals surface area contributed by atoms with Crippen molar-refractivity contribution in [3.8, 4) is 0 Å². The van der Waals surface area contributed by atoms with E-state index >= 15 is 0 Å². The number of aryl methyl sites for hydroxylation is 1. The Bertz CT molecular complexity index is 498. The van der Waals surface area contributed by atoms with E-state index in [4.69, 9.17) is 10.3 Å². The first-order valence-corrected chi connectivity index (χ1v) is 5.74. The second-order valence-corrected chi connectivity index (χ2v) is 4.45. The van der Waals surface area contributed by atoms with Crippen LogP contribution in [0.15, 0.2) is 33.7 Å². The highest BCUT2D eigenvalue weighted by Crippen LogP contribution is 2.25. The number of nitrogens with two attached hydrogens (primary N) is 1. The summed E-state index contributed by atoms with van der Waals surface area (Å²) in [6.07, 6.45) is 0. The van der Waals surface area contributed by atoms with E-state index in [1.165, 1.54) is 17.8 Å². The molecule has 2 rings (SSSR count). The number of nitrogens with zero attached hydrogens (tertiary/aromatic N) is 1. The normalized spacial score (nSPS) is 10.6. The van der Waals surface area contributed by atoms with Crippen LogP contribution in [0.3, 0.4) is 0 Å². The average molecular weight is 238 g/mol. The largest absolute Gasteiger partial charge is 0.396 e. The van der Waals surface area contributed by atoms with E-state index in [2.05, 4.69) is 5.16 Å². The molecule has 0 aliphatic carbocycles. The number of aromatic nitrogens is 1. The quantitative estimate of drug-likeness (QED) is 0.659. The summed E-state index contributed by atoms with van der Waals surface area (Å²) >= 11 is 1.49. The Balaban J connectivity index is 2.02. The summed E-state index contributed by atoms with van der Waals surface area (Å²) in [6, 6.07) is 6.63. The summed E-state index contributed by atoms with van der Waals surface area (Å²) in [6.45, 7) is 1.84. The third-order valence-corrected chi connectivity index (χ3v) is 3.06. The number of anilines is 1. The van der Waals surface area contributed by atoms with E-state index in [1.54, 1.807) is 12.1 Å². The standard InChI is InChI=1S/C11H11FN2OS/c1-7-4-8(14-15-7)6-16-9-2-3-11(13)10(12)5-9/h2-5H,6,13H2,1H3. The van der Waals surface area contributed by atoms with Crippen molar-refractivity contribution in [2.24, 2.45) is 0 Å². The van der Waals surface area contributed by atoms with E-state index in [-0.39, 0.29) is 11.5 Å². The van der Waals surface area contributed by atoms with Crippen LogP contribution in [0.2, 0.25) is 0 Å². The second-order valence-electron chi connectivity index (χ2n) is 3.40. The fourth-order valence-electron chi connectivity index (χ4n) is 1.24. The first kappa shape index (κ1) is 11.0. The lowest BCUT2D eigenvalue weighted by atomic mass is 10.3. The van der Waals surface area contributed by atoms with Crippen molar-refractivity contribution in [3.05, 3.63) is 41.5 Å². The number of hydrogen-bond acceptors (Lipinski definition) is 4. The lowest BCUT2D eigenvalue weighted by Crippen LogP contribution is -1.90. The van der Waals surface area contributed by atoms with Gasteiger partial charge in [-0.15, -0.1) is 11.8 Å². The molecule has 0 fully saturated rings. The lowest BCUT2D eigenvalue weighted by Gasteiger charge is -2.01. The summed E-state index contributed by atoms with van der Waals surface area (Å²) in [5.74, 6) is 1.04. The number of nitrogen functional groups attached to an aromatic ring is 1. The van der Waals surface area contributed by atoms with E-state index in [1.807, 2.05) is 13.0 Å². The molecule has 1 aromatic carbocycles. The SMILES string of the molecule is Cc1cc(CSc2ccc(N)c(F)c2)no1. The molecule has 1 heterocycles. The topological polar surface area (TPSA) is 52.0 Å². The zero-order valence-electron chi connectivity index (χ0n) is 8.74. The fourth-order valence-corrected chi connectivity index (χ4v) is 2.04. The van der Waals surface area contributed by atoms with Crippen molar-refractivity contribution in [2.75, 3.05) is 5.73 Å². The third-order valence-electron chi connectivity index (χ3n) is 2.04. The highest BCUT2D eigenvalue weighted by molar-refractivity contribution is 7.98. The van der Waals surface area contributed by atoms with Crippen LogP contribution in [0.5, 0.6) is 0 Å². The van der Waals surface area contributed by atoms with Gasteiger partial charge < -0.3 is 10.3 Å². The number of benzene rings is 1. The summed E-state index contributed by atoms with van der Waals surface area (Å²) in [5, 5.41) is 3.86. The molecule has 0 aliphatic heterocycles. The maximum Gasteiger partial charge on any atom is 0.147 e. The molecule has 2 aromatic rings. The number of rotatable bonds is 3. The fraction of sp³-hybridized carbons (Fsp3) is 0.182. The molecule has 0 aliphatic rings. The first-order chi connectivity index (χ1) is 7.65. The van der Waals surface area contributed by atoms with Crippen LogP contribution in [-0.4, -0.2) is 5.16 Å². The van der Waals surface area contributed by atoms with Gasteiger partial charge in [-0.25, -0.2) is 4.39 Å². The van der Waals surface area contributed by atoms with Crippen LogP contribution in [-0.2, 0) is 5.75 Å². The van der Waals surface area contributed by atoms with Gasteiger partial charge in [0, 0.05) is 16.7 Å². The molecule has 0 bridgehead atoms. The molecule has 0 amide bonds. The van der Waals surface area contributed by atoms with Crippen molar-refractivity contribution >= 4 is 17.4 Å². The van der Waals surface area contributed by atoms with Crippen LogP contribution in [0, 0.1) is 12.7 Å². The van der Waals surface area contributed by atoms with Crippen molar-refractivity contribution in [1.82, 2.24) is 5.16 Å². The zero-order chi connectivity index (χ0) is 11.5. The molecule has 0 radical (unpaired) electrons. The molecule has 84 valence electrons. The molecule has 0 saturated carbocycles. The molecule has 5 heteroatoms. The number of hydrogen-bond donors (Lipinski definition) is 1. The van der Waals surface area contributed by atoms with Gasteiger partial charge in [0.05, 0.1) is 11.4 Å². The zero-order valence-corrected chi connectivity index (χ0v) is 9.55. The molecule has 3 nitrogen and oxygen atoms in total. The minimum atomic E-state index is -0.388. The van der Waals surface area contributed by atoms with Gasteiger partial charge in [0.1, 0.15) is 11.6 Å². The minimum absolute atomic E-state index is 0.168. The monoisotopic (exact) mass is 238 g/mol. The molecule has 0 unspecified atom stereocenters. The first-order valence-electron chi connectivity index (χ1n) is 4.75. The van der Waals surface area contributed by atoms with Gasteiger partial charge in [-0.1, -0.05) is 5.16 Å². The maximum atomic E-state index is 13.1. The van der Waals surface area contributed by atoms with E-state index in [0.29, 0.717) is 5.75 Å². The highest BCUT2D eigenvalue weighted by atomic mass is 32.2. The van der Waals surface area contributed by atoms with E-state index in [0.717, 1.165) is 16.3 Å². The molecule has 2 N–H and O–H groups in total. The summed E-state index contributed by atoms with van der Waals surface area (Å²) < 4.78 is 18.1. The van der Waals surface area contributed by atoms with Crippen LogP contribution in [0.1, 0.15) is 11.5 Å². The van der Waals surface area contributed by atoms with Gasteiger partial charge >= 0.3 is 0 Å². The molecule has 0 atom stereocenters. The number of thioether (sulfide) groups is 1. The Labute approximate surface area is 96.8 Å². The van der Waals surface area contributed by atoms with Gasteiger partial charge in [0.15, 0.2) is 0 Å². The summed E-state index contributed by atoms with van der Waals surface area (Å²) in [4.78, 5) is 0.826. The number of halogens is 1. The van der Waals surface area contributed by atoms with Gasteiger partial charge in [0.2, 0.25) is 0 Å². The van der Waals surface area contributed by atoms with Gasteiger partial charge in [-0.3, -0.25) is 0 Å². The van der Waals surface area contributed by atoms with Gasteiger partial charge in [-0.2, -0.15) is 0 Å². The Morgan fingerprint density at radius 1 is 1.44 bits per heavy atom. The van der Waals surface area contributed by atoms with Crippen LogP contribution >= 0.6 is 11.8 Å². The smallest absolute Gasteiger partial charge is 0.147 e. The highest BCUT2D eigenvalue weighted by Gasteiger charge is 2.04. The predicted octanol–water partition coefficient (Wildman–Crippen LogP) is 3.00. The molecule has 0 saturated heterocycles. The predicted molar refractivity (Wildman–Crippen MR) is 61.6 cm³/mol. The molecule has 0 spiro atoms. The van der Waals surface area contributed by atoms with Crippen molar-refractivity contribution < 1.29 is 8.91 Å². The molecule has 16 heavy (non-hydrogen) atoms. The van der Waals surface area contributed by atoms with Crippen LogP contribution < -0.4 is 5.73 Å². The Kier molecular flexibility index (Phi) is 3.14. The van der Waals surface area contributed by atoms with Crippen LogP contribution in [0.4, 0.5) is 10.1 Å². The summed E-state index contributed by atoms with van der Waals surface area (Å²) in [5.41, 5.74) is 6.40.